The molecule has 0 saturated heterocycles. The minimum absolute atomic E-state index is 0.337. The van der Waals surface area contributed by atoms with Crippen LogP contribution in [-0.2, 0) is 22.0 Å². The summed E-state index contributed by atoms with van der Waals surface area (Å²) < 4.78 is 0. The fraction of sp³-hybridized carbons (Fsp3) is 0.350. The Morgan fingerprint density at radius 3 is 2.57 bits per heavy atom. The second kappa shape index (κ2) is 4.60. The van der Waals surface area contributed by atoms with Crippen LogP contribution in [0.1, 0.15) is 30.0 Å². The highest BCUT2D eigenvalue weighted by atomic mass is 16.4. The van der Waals surface area contributed by atoms with Crippen LogP contribution in [-0.4, -0.2) is 24.7 Å². The van der Waals surface area contributed by atoms with Crippen LogP contribution in [0.25, 0.3) is 0 Å². The van der Waals surface area contributed by atoms with Crippen molar-refractivity contribution in [1.82, 2.24) is 0 Å². The van der Waals surface area contributed by atoms with Gasteiger partial charge in [-0.25, -0.2) is 0 Å². The number of carboxylic acid groups (broad SMARTS) is 1. The Bertz CT molecular complexity index is 785. The summed E-state index contributed by atoms with van der Waals surface area (Å²) in [5.74, 6) is -0.719. The van der Waals surface area contributed by atoms with Crippen molar-refractivity contribution in [3.8, 4) is 0 Å². The van der Waals surface area contributed by atoms with Gasteiger partial charge in [0.15, 0.2) is 0 Å². The van der Waals surface area contributed by atoms with Crippen molar-refractivity contribution in [2.75, 3.05) is 18.5 Å². The molecule has 1 fully saturated rings. The van der Waals surface area contributed by atoms with Crippen molar-refractivity contribution >= 4 is 11.7 Å². The third-order valence-electron chi connectivity index (χ3n) is 5.91. The number of hydrogen-bond acceptors (Lipinski definition) is 2. The lowest BCUT2D eigenvalue weighted by Crippen LogP contribution is -2.29. The van der Waals surface area contributed by atoms with E-state index >= 15 is 0 Å². The number of carbonyl (C=O) groups is 1. The molecule has 4 rings (SSSR count). The van der Waals surface area contributed by atoms with E-state index in [1.807, 2.05) is 30.3 Å². The lowest BCUT2D eigenvalue weighted by Gasteiger charge is -2.21. The first-order valence-corrected chi connectivity index (χ1v) is 8.12. The van der Waals surface area contributed by atoms with Crippen LogP contribution in [0.4, 0.5) is 5.69 Å². The van der Waals surface area contributed by atoms with E-state index in [-0.39, 0.29) is 5.41 Å². The van der Waals surface area contributed by atoms with E-state index < -0.39 is 11.4 Å². The van der Waals surface area contributed by atoms with Gasteiger partial charge in [-0.15, -0.1) is 0 Å². The van der Waals surface area contributed by atoms with Crippen molar-refractivity contribution in [2.24, 2.45) is 0 Å². The molecule has 0 bridgehead atoms. The molecule has 0 amide bonds. The number of fused-ring (bicyclic) bond motifs is 1. The third kappa shape index (κ3) is 1.79. The summed E-state index contributed by atoms with van der Waals surface area (Å²) in [6, 6.07) is 16.2. The van der Waals surface area contributed by atoms with Gasteiger partial charge in [0, 0.05) is 24.7 Å². The van der Waals surface area contributed by atoms with Gasteiger partial charge in [-0.1, -0.05) is 49.4 Å². The second-order valence-electron chi connectivity index (χ2n) is 7.10. The highest BCUT2D eigenvalue weighted by molar-refractivity contribution is 5.89. The van der Waals surface area contributed by atoms with Gasteiger partial charge in [0.25, 0.3) is 0 Å². The molecule has 0 aromatic heterocycles. The second-order valence-corrected chi connectivity index (χ2v) is 7.10. The van der Waals surface area contributed by atoms with E-state index in [0.717, 1.165) is 24.1 Å². The van der Waals surface area contributed by atoms with Crippen LogP contribution >= 0.6 is 0 Å². The van der Waals surface area contributed by atoms with Gasteiger partial charge in [0.1, 0.15) is 5.41 Å². The van der Waals surface area contributed by atoms with E-state index in [2.05, 4.69) is 37.1 Å². The maximum absolute atomic E-state index is 12.2. The molecule has 3 nitrogen and oxygen atoms in total. The zero-order chi connectivity index (χ0) is 16.2. The standard InChI is InChI=1S/C20H21NO2/c1-19(16-8-9-17-14(12-16)10-11-21(17)2)13-20(19,18(22)23)15-6-4-3-5-7-15/h3-9,12H,10-11,13H2,1-2H3,(H,22,23). The van der Waals surface area contributed by atoms with Gasteiger partial charge < -0.3 is 10.0 Å². The van der Waals surface area contributed by atoms with E-state index in [0.29, 0.717) is 6.42 Å². The molecule has 2 atom stereocenters. The predicted octanol–water partition coefficient (Wildman–Crippen LogP) is 3.36. The highest BCUT2D eigenvalue weighted by Gasteiger charge is 2.71. The number of carboxylic acids is 1. The molecule has 2 aromatic rings. The van der Waals surface area contributed by atoms with Crippen LogP contribution in [0.2, 0.25) is 0 Å². The number of anilines is 1. The van der Waals surface area contributed by atoms with Crippen molar-refractivity contribution in [3.63, 3.8) is 0 Å². The van der Waals surface area contributed by atoms with Crippen LogP contribution in [0.5, 0.6) is 0 Å². The number of aliphatic carboxylic acids is 1. The summed E-state index contributed by atoms with van der Waals surface area (Å²) in [6.45, 7) is 3.13. The Balaban J connectivity index is 1.79. The zero-order valence-corrected chi connectivity index (χ0v) is 13.5. The molecule has 2 unspecified atom stereocenters. The molecule has 2 aliphatic rings. The smallest absolute Gasteiger partial charge is 0.315 e. The third-order valence-corrected chi connectivity index (χ3v) is 5.91. The molecular formula is C20H21NO2. The van der Waals surface area contributed by atoms with Crippen LogP contribution in [0, 0.1) is 0 Å². The number of hydrogen-bond donors (Lipinski definition) is 1. The monoisotopic (exact) mass is 307 g/mol. The lowest BCUT2D eigenvalue weighted by molar-refractivity contribution is -0.140. The Kier molecular flexibility index (Phi) is 2.87. The largest absolute Gasteiger partial charge is 0.481 e. The van der Waals surface area contributed by atoms with E-state index in [1.165, 1.54) is 11.3 Å². The number of nitrogens with zero attached hydrogens (tertiary/aromatic N) is 1. The van der Waals surface area contributed by atoms with E-state index in [9.17, 15) is 9.90 Å². The first-order valence-electron chi connectivity index (χ1n) is 8.12. The molecule has 1 N–H and O–H groups in total. The Hall–Kier alpha value is -2.29. The van der Waals surface area contributed by atoms with Crippen molar-refractivity contribution in [1.29, 1.82) is 0 Å². The summed E-state index contributed by atoms with van der Waals surface area (Å²) in [6.07, 6.45) is 1.70. The first kappa shape index (κ1) is 14.3. The fourth-order valence-corrected chi connectivity index (χ4v) is 4.32. The maximum atomic E-state index is 12.2. The lowest BCUT2D eigenvalue weighted by atomic mass is 9.82. The summed E-state index contributed by atoms with van der Waals surface area (Å²) in [7, 11) is 2.11. The van der Waals surface area contributed by atoms with Crippen LogP contribution in [0.15, 0.2) is 48.5 Å². The molecule has 0 spiro atoms. The van der Waals surface area contributed by atoms with Gasteiger partial charge in [0.05, 0.1) is 0 Å². The zero-order valence-electron chi connectivity index (χ0n) is 13.5. The first-order chi connectivity index (χ1) is 11.0. The Morgan fingerprint density at radius 2 is 1.87 bits per heavy atom. The average molecular weight is 307 g/mol. The van der Waals surface area contributed by atoms with Gasteiger partial charge >= 0.3 is 5.97 Å². The molecule has 1 saturated carbocycles. The fourth-order valence-electron chi connectivity index (χ4n) is 4.32. The van der Waals surface area contributed by atoms with E-state index in [4.69, 9.17) is 0 Å². The Labute approximate surface area is 136 Å². The molecule has 2 aromatic carbocycles. The topological polar surface area (TPSA) is 40.5 Å². The van der Waals surface area contributed by atoms with Crippen molar-refractivity contribution in [2.45, 2.75) is 30.6 Å². The van der Waals surface area contributed by atoms with Crippen molar-refractivity contribution in [3.05, 3.63) is 65.2 Å². The summed E-state index contributed by atoms with van der Waals surface area (Å²) in [5.41, 5.74) is 3.54. The molecule has 3 heteroatoms. The van der Waals surface area contributed by atoms with Crippen LogP contribution in [0.3, 0.4) is 0 Å². The van der Waals surface area contributed by atoms with E-state index in [1.54, 1.807) is 0 Å². The molecule has 23 heavy (non-hydrogen) atoms. The molecule has 1 heterocycles. The van der Waals surface area contributed by atoms with Gasteiger partial charge in [0.2, 0.25) is 0 Å². The normalized spacial score (nSPS) is 28.5. The summed E-state index contributed by atoms with van der Waals surface area (Å²) in [5, 5.41) is 9.98. The minimum atomic E-state index is -0.799. The van der Waals surface area contributed by atoms with Gasteiger partial charge in [-0.2, -0.15) is 0 Å². The number of likely N-dealkylation sites (N-methyl/N-ethyl adjacent to an activating group) is 1. The van der Waals surface area contributed by atoms with Crippen LogP contribution < -0.4 is 4.90 Å². The highest BCUT2D eigenvalue weighted by Crippen LogP contribution is 2.65. The molecule has 1 aliphatic heterocycles. The SMILES string of the molecule is CN1CCc2cc(C3(C)CC3(C(=O)O)c3ccccc3)ccc21. The minimum Gasteiger partial charge on any atom is -0.481 e. The summed E-state index contributed by atoms with van der Waals surface area (Å²) in [4.78, 5) is 14.4. The molecular weight excluding hydrogens is 286 g/mol. The number of rotatable bonds is 3. The molecule has 118 valence electrons. The van der Waals surface area contributed by atoms with Gasteiger partial charge in [-0.3, -0.25) is 4.79 Å². The predicted molar refractivity (Wildman–Crippen MR) is 91.1 cm³/mol. The quantitative estimate of drug-likeness (QED) is 0.945. The van der Waals surface area contributed by atoms with Gasteiger partial charge in [-0.05, 0) is 35.6 Å². The average Bonchev–Trinajstić information content (AvgIpc) is 3.07. The number of benzene rings is 2. The van der Waals surface area contributed by atoms with Crippen molar-refractivity contribution < 1.29 is 9.90 Å². The molecule has 0 radical (unpaired) electrons. The Morgan fingerprint density at radius 1 is 1.13 bits per heavy atom. The summed E-state index contributed by atoms with van der Waals surface area (Å²) >= 11 is 0. The molecule has 1 aliphatic carbocycles. The maximum Gasteiger partial charge on any atom is 0.315 e.